The lowest BCUT2D eigenvalue weighted by atomic mass is 9.97. The Morgan fingerprint density at radius 3 is 2.48 bits per heavy atom. The first kappa shape index (κ1) is 15.8. The molecule has 0 heterocycles. The van der Waals surface area contributed by atoms with Crippen molar-refractivity contribution >= 4 is 5.91 Å². The predicted octanol–water partition coefficient (Wildman–Crippen LogP) is 1.71. The molecule has 3 N–H and O–H groups in total. The van der Waals surface area contributed by atoms with Gasteiger partial charge in [0, 0.05) is 19.2 Å². The van der Waals surface area contributed by atoms with Gasteiger partial charge in [0.2, 0.25) is 0 Å². The second kappa shape index (κ2) is 7.43. The highest BCUT2D eigenvalue weighted by atomic mass is 16.5. The number of ether oxygens (including phenoxy) is 2. The van der Waals surface area contributed by atoms with E-state index in [0.29, 0.717) is 25.3 Å². The van der Waals surface area contributed by atoms with Gasteiger partial charge in [0.15, 0.2) is 0 Å². The van der Waals surface area contributed by atoms with Crippen molar-refractivity contribution in [3.05, 3.63) is 29.8 Å². The summed E-state index contributed by atoms with van der Waals surface area (Å²) in [4.78, 5) is 12.3. The van der Waals surface area contributed by atoms with Crippen LogP contribution in [0.2, 0.25) is 0 Å². The number of hydrogen-bond donors (Lipinski definition) is 2. The topological polar surface area (TPSA) is 73.6 Å². The summed E-state index contributed by atoms with van der Waals surface area (Å²) in [5.41, 5.74) is 6.26. The number of carbonyl (C=O) groups excluding carboxylic acids is 1. The molecule has 5 heteroatoms. The fraction of sp³-hybridized carbons (Fsp3) is 0.562. The molecule has 1 aromatic carbocycles. The van der Waals surface area contributed by atoms with Crippen LogP contribution in [0, 0.1) is 0 Å². The van der Waals surface area contributed by atoms with Crippen molar-refractivity contribution < 1.29 is 14.3 Å². The molecule has 0 aliphatic heterocycles. The Kier molecular flexibility index (Phi) is 5.59. The van der Waals surface area contributed by atoms with Crippen LogP contribution in [-0.4, -0.2) is 38.3 Å². The molecule has 1 fully saturated rings. The van der Waals surface area contributed by atoms with E-state index in [1.54, 1.807) is 31.4 Å². The average Bonchev–Trinajstić information content (AvgIpc) is 2.97. The molecule has 2 rings (SSSR count). The zero-order valence-electron chi connectivity index (χ0n) is 12.6. The third-order valence-corrected chi connectivity index (χ3v) is 4.00. The smallest absolute Gasteiger partial charge is 0.251 e. The Morgan fingerprint density at radius 1 is 1.24 bits per heavy atom. The van der Waals surface area contributed by atoms with Gasteiger partial charge in [0.1, 0.15) is 12.4 Å². The van der Waals surface area contributed by atoms with Gasteiger partial charge in [0.25, 0.3) is 5.91 Å². The lowest BCUT2D eigenvalue weighted by Crippen LogP contribution is -2.51. The first-order chi connectivity index (χ1) is 10.2. The number of benzene rings is 1. The normalized spacial score (nSPS) is 16.7. The molecular weight excluding hydrogens is 268 g/mol. The van der Waals surface area contributed by atoms with Gasteiger partial charge >= 0.3 is 0 Å². The highest BCUT2D eigenvalue weighted by molar-refractivity contribution is 5.94. The molecule has 1 amide bonds. The van der Waals surface area contributed by atoms with Crippen LogP contribution in [0.25, 0.3) is 0 Å². The van der Waals surface area contributed by atoms with Crippen LogP contribution in [0.4, 0.5) is 0 Å². The second-order valence-corrected chi connectivity index (χ2v) is 5.51. The summed E-state index contributed by atoms with van der Waals surface area (Å²) in [5.74, 6) is 0.670. The highest BCUT2D eigenvalue weighted by Gasteiger charge is 2.33. The number of carbonyl (C=O) groups is 1. The number of amides is 1. The van der Waals surface area contributed by atoms with Crippen LogP contribution < -0.4 is 15.8 Å². The monoisotopic (exact) mass is 292 g/mol. The van der Waals surface area contributed by atoms with Crippen molar-refractivity contribution in [1.82, 2.24) is 5.32 Å². The quantitative estimate of drug-likeness (QED) is 0.750. The minimum Gasteiger partial charge on any atom is -0.491 e. The predicted molar refractivity (Wildman–Crippen MR) is 81.5 cm³/mol. The van der Waals surface area contributed by atoms with Crippen LogP contribution in [-0.2, 0) is 4.74 Å². The zero-order valence-corrected chi connectivity index (χ0v) is 12.6. The first-order valence-corrected chi connectivity index (χ1v) is 7.43. The number of nitrogens with two attached hydrogens (primary N) is 1. The zero-order chi connectivity index (χ0) is 15.1. The van der Waals surface area contributed by atoms with Crippen molar-refractivity contribution in [3.8, 4) is 5.75 Å². The van der Waals surface area contributed by atoms with Gasteiger partial charge in [-0.1, -0.05) is 12.8 Å². The van der Waals surface area contributed by atoms with Gasteiger partial charge < -0.3 is 20.5 Å². The van der Waals surface area contributed by atoms with E-state index >= 15 is 0 Å². The molecule has 1 aromatic rings. The molecule has 1 aliphatic rings. The third kappa shape index (κ3) is 4.19. The molecule has 0 atom stereocenters. The average molecular weight is 292 g/mol. The minimum absolute atomic E-state index is 0.0641. The molecule has 116 valence electrons. The van der Waals surface area contributed by atoms with Gasteiger partial charge in [-0.2, -0.15) is 0 Å². The van der Waals surface area contributed by atoms with Gasteiger partial charge in [-0.25, -0.2) is 0 Å². The lowest BCUT2D eigenvalue weighted by molar-refractivity contribution is 0.0903. The van der Waals surface area contributed by atoms with Crippen LogP contribution in [0.1, 0.15) is 36.0 Å². The Bertz CT molecular complexity index is 453. The number of methoxy groups -OCH3 is 1. The molecule has 5 nitrogen and oxygen atoms in total. The summed E-state index contributed by atoms with van der Waals surface area (Å²) in [5, 5.41) is 3.11. The molecule has 0 aromatic heterocycles. The van der Waals surface area contributed by atoms with Crippen molar-refractivity contribution in [1.29, 1.82) is 0 Å². The molecule has 0 radical (unpaired) electrons. The second-order valence-electron chi connectivity index (χ2n) is 5.51. The van der Waals surface area contributed by atoms with Gasteiger partial charge in [-0.3, -0.25) is 4.79 Å². The van der Waals surface area contributed by atoms with Crippen molar-refractivity contribution in [3.63, 3.8) is 0 Å². The Hall–Kier alpha value is -1.59. The summed E-state index contributed by atoms with van der Waals surface area (Å²) >= 11 is 0. The standard InChI is InChI=1S/C16H24N2O3/c1-20-10-11-21-14-6-4-13(5-7-14)15(19)18-16(12-17)8-2-3-9-16/h4-7H,2-3,8-12,17H2,1H3,(H,18,19). The lowest BCUT2D eigenvalue weighted by Gasteiger charge is -2.28. The van der Waals surface area contributed by atoms with E-state index in [1.165, 1.54) is 0 Å². The van der Waals surface area contributed by atoms with E-state index in [-0.39, 0.29) is 11.4 Å². The van der Waals surface area contributed by atoms with E-state index in [4.69, 9.17) is 15.2 Å². The minimum atomic E-state index is -0.218. The fourth-order valence-corrected chi connectivity index (χ4v) is 2.69. The maximum absolute atomic E-state index is 12.3. The highest BCUT2D eigenvalue weighted by Crippen LogP contribution is 2.29. The molecule has 0 spiro atoms. The molecule has 0 unspecified atom stereocenters. The molecule has 0 bridgehead atoms. The summed E-state index contributed by atoms with van der Waals surface area (Å²) in [7, 11) is 1.63. The van der Waals surface area contributed by atoms with Gasteiger partial charge in [0.05, 0.1) is 12.1 Å². The van der Waals surface area contributed by atoms with Crippen LogP contribution >= 0.6 is 0 Å². The third-order valence-electron chi connectivity index (χ3n) is 4.00. The Morgan fingerprint density at radius 2 is 1.90 bits per heavy atom. The van der Waals surface area contributed by atoms with Crippen LogP contribution in [0.5, 0.6) is 5.75 Å². The number of nitrogens with one attached hydrogen (secondary N) is 1. The summed E-state index contributed by atoms with van der Waals surface area (Å²) in [6, 6.07) is 7.15. The van der Waals surface area contributed by atoms with Gasteiger partial charge in [-0.05, 0) is 37.1 Å². The SMILES string of the molecule is COCCOc1ccc(C(=O)NC2(CN)CCCC2)cc1. The van der Waals surface area contributed by atoms with Crippen molar-refractivity contribution in [2.24, 2.45) is 5.73 Å². The van der Waals surface area contributed by atoms with E-state index < -0.39 is 0 Å². The largest absolute Gasteiger partial charge is 0.491 e. The van der Waals surface area contributed by atoms with E-state index in [1.807, 2.05) is 0 Å². The summed E-state index contributed by atoms with van der Waals surface area (Å²) in [6.45, 7) is 1.54. The van der Waals surface area contributed by atoms with Crippen molar-refractivity contribution in [2.45, 2.75) is 31.2 Å². The molecule has 1 saturated carbocycles. The van der Waals surface area contributed by atoms with Crippen molar-refractivity contribution in [2.75, 3.05) is 26.9 Å². The molecule has 0 saturated heterocycles. The maximum Gasteiger partial charge on any atom is 0.251 e. The fourth-order valence-electron chi connectivity index (χ4n) is 2.69. The summed E-state index contributed by atoms with van der Waals surface area (Å²) < 4.78 is 10.4. The molecule has 21 heavy (non-hydrogen) atoms. The Balaban J connectivity index is 1.93. The number of rotatable bonds is 7. The molecule has 1 aliphatic carbocycles. The van der Waals surface area contributed by atoms with E-state index in [2.05, 4.69) is 5.32 Å². The Labute approximate surface area is 125 Å². The van der Waals surface area contributed by atoms with E-state index in [9.17, 15) is 4.79 Å². The van der Waals surface area contributed by atoms with Crippen LogP contribution in [0.3, 0.4) is 0 Å². The van der Waals surface area contributed by atoms with Gasteiger partial charge in [-0.15, -0.1) is 0 Å². The molecular formula is C16H24N2O3. The van der Waals surface area contributed by atoms with E-state index in [0.717, 1.165) is 31.4 Å². The number of hydrogen-bond acceptors (Lipinski definition) is 4. The van der Waals surface area contributed by atoms with Crippen LogP contribution in [0.15, 0.2) is 24.3 Å². The maximum atomic E-state index is 12.3. The first-order valence-electron chi connectivity index (χ1n) is 7.43. The summed E-state index contributed by atoms with van der Waals surface area (Å²) in [6.07, 6.45) is 4.19.